The minimum Gasteiger partial charge on any atom is -0.444 e. The van der Waals surface area contributed by atoms with Gasteiger partial charge in [0.05, 0.1) is 12.1 Å². The van der Waals surface area contributed by atoms with Gasteiger partial charge in [-0.05, 0) is 58.3 Å². The van der Waals surface area contributed by atoms with E-state index >= 15 is 0 Å². The van der Waals surface area contributed by atoms with Crippen molar-refractivity contribution in [2.24, 2.45) is 29.4 Å². The summed E-state index contributed by atoms with van der Waals surface area (Å²) in [7, 11) is 0. The predicted octanol–water partition coefficient (Wildman–Crippen LogP) is 3.42. The highest BCUT2D eigenvalue weighted by atomic mass is 16.6. The Morgan fingerprint density at radius 2 is 1.61 bits per heavy atom. The van der Waals surface area contributed by atoms with Crippen LogP contribution < -0.4 is 16.4 Å². The van der Waals surface area contributed by atoms with Crippen LogP contribution in [-0.4, -0.2) is 47.2 Å². The molecule has 0 spiro atoms. The topological polar surface area (TPSA) is 145 Å². The second-order valence-corrected chi connectivity index (χ2v) is 11.9. The van der Waals surface area contributed by atoms with Crippen molar-refractivity contribution in [2.75, 3.05) is 0 Å². The Hall–Kier alpha value is -2.45. The number of nitrogens with two attached hydrogens (primary N) is 1. The Labute approximate surface area is 215 Å². The molecule has 2 unspecified atom stereocenters. The lowest BCUT2D eigenvalue weighted by molar-refractivity contribution is -0.140. The summed E-state index contributed by atoms with van der Waals surface area (Å²) < 4.78 is 5.38. The number of ether oxygens (including phenoxy) is 1. The molecule has 2 saturated carbocycles. The van der Waals surface area contributed by atoms with E-state index in [0.29, 0.717) is 25.7 Å². The molecule has 2 aliphatic carbocycles. The van der Waals surface area contributed by atoms with Crippen molar-refractivity contribution in [3.8, 4) is 0 Å². The molecule has 0 radical (unpaired) electrons. The van der Waals surface area contributed by atoms with E-state index in [9.17, 15) is 24.0 Å². The molecule has 0 aliphatic heterocycles. The van der Waals surface area contributed by atoms with Crippen LogP contribution in [0.1, 0.15) is 98.8 Å². The van der Waals surface area contributed by atoms with Crippen molar-refractivity contribution >= 4 is 29.5 Å². The van der Waals surface area contributed by atoms with Crippen LogP contribution in [-0.2, 0) is 23.9 Å². The predicted molar refractivity (Wildman–Crippen MR) is 136 cm³/mol. The number of carbonyl (C=O) groups excluding carboxylic acids is 5. The van der Waals surface area contributed by atoms with Gasteiger partial charge in [-0.1, -0.05) is 52.4 Å². The fraction of sp³-hybridized carbons (Fsp3) is 0.815. The van der Waals surface area contributed by atoms with E-state index in [0.717, 1.165) is 38.5 Å². The lowest BCUT2D eigenvalue weighted by Crippen LogP contribution is -2.52. The first-order valence-electron chi connectivity index (χ1n) is 13.5. The highest BCUT2D eigenvalue weighted by molar-refractivity contribution is 6.37. The van der Waals surface area contributed by atoms with Crippen molar-refractivity contribution in [2.45, 2.75) is 117 Å². The molecule has 36 heavy (non-hydrogen) atoms. The standard InChI is InChI=1S/C27H45N3O6/c1-16(2)14-19(25(34)29-21(15-17-12-13-17)23(32)24(28)33)18-10-8-6-7-9-11-20(22(18)31)30-26(35)36-27(3,4)5/h16-21H,6-15H2,1-5H3,(H2,28,33)(H,29,34)(H,30,35)/t18?,19-,20+,21?/m1/s1. The van der Waals surface area contributed by atoms with E-state index < -0.39 is 53.2 Å². The molecule has 9 heteroatoms. The molecule has 3 amide bonds. The van der Waals surface area contributed by atoms with Crippen LogP contribution >= 0.6 is 0 Å². The van der Waals surface area contributed by atoms with Gasteiger partial charge in [-0.25, -0.2) is 4.79 Å². The SMILES string of the molecule is CC(C)C[C@@H](C(=O)NC(CC1CC1)C(=O)C(N)=O)C1CCCCCC[C@H](NC(=O)OC(C)(C)C)C1=O. The minimum atomic E-state index is -1.07. The van der Waals surface area contributed by atoms with E-state index in [1.807, 2.05) is 13.8 Å². The van der Waals surface area contributed by atoms with Crippen LogP contribution in [0.3, 0.4) is 0 Å². The number of carbonyl (C=O) groups is 5. The van der Waals surface area contributed by atoms with Gasteiger partial charge in [0.15, 0.2) is 5.78 Å². The third kappa shape index (κ3) is 9.90. The van der Waals surface area contributed by atoms with Crippen LogP contribution in [0.2, 0.25) is 0 Å². The number of primary amides is 1. The quantitative estimate of drug-likeness (QED) is 0.386. The maximum Gasteiger partial charge on any atom is 0.408 e. The summed E-state index contributed by atoms with van der Waals surface area (Å²) >= 11 is 0. The van der Waals surface area contributed by atoms with Crippen LogP contribution in [0.4, 0.5) is 4.79 Å². The first-order chi connectivity index (χ1) is 16.8. The van der Waals surface area contributed by atoms with E-state index in [-0.39, 0.29) is 17.6 Å². The molecule has 204 valence electrons. The van der Waals surface area contributed by atoms with Gasteiger partial charge in [-0.3, -0.25) is 19.2 Å². The van der Waals surface area contributed by atoms with Gasteiger partial charge in [-0.2, -0.15) is 0 Å². The Kier molecular flexibility index (Phi) is 10.9. The van der Waals surface area contributed by atoms with Crippen molar-refractivity contribution in [3.63, 3.8) is 0 Å². The zero-order valence-corrected chi connectivity index (χ0v) is 22.6. The lowest BCUT2D eigenvalue weighted by atomic mass is 9.77. The highest BCUT2D eigenvalue weighted by Crippen LogP contribution is 2.34. The first-order valence-corrected chi connectivity index (χ1v) is 13.5. The van der Waals surface area contributed by atoms with Gasteiger partial charge >= 0.3 is 6.09 Å². The molecule has 0 saturated heterocycles. The van der Waals surface area contributed by atoms with Gasteiger partial charge in [0.1, 0.15) is 5.60 Å². The molecule has 9 nitrogen and oxygen atoms in total. The largest absolute Gasteiger partial charge is 0.444 e. The molecule has 0 heterocycles. The molecule has 0 aromatic rings. The maximum atomic E-state index is 13.8. The van der Waals surface area contributed by atoms with Gasteiger partial charge in [0.2, 0.25) is 11.7 Å². The van der Waals surface area contributed by atoms with Crippen LogP contribution in [0.5, 0.6) is 0 Å². The number of hydrogen-bond donors (Lipinski definition) is 3. The average molecular weight is 508 g/mol. The number of hydrogen-bond acceptors (Lipinski definition) is 6. The molecule has 0 aromatic heterocycles. The Balaban J connectivity index is 2.28. The van der Waals surface area contributed by atoms with Crippen molar-refractivity contribution in [1.82, 2.24) is 10.6 Å². The van der Waals surface area contributed by atoms with Gasteiger partial charge in [-0.15, -0.1) is 0 Å². The molecule has 2 fully saturated rings. The zero-order valence-electron chi connectivity index (χ0n) is 22.6. The number of rotatable bonds is 10. The zero-order chi connectivity index (χ0) is 27.0. The number of amides is 3. The second kappa shape index (κ2) is 13.2. The summed E-state index contributed by atoms with van der Waals surface area (Å²) in [5.74, 6) is -3.34. The first kappa shape index (κ1) is 29.8. The van der Waals surface area contributed by atoms with Crippen LogP contribution in [0.25, 0.3) is 0 Å². The van der Waals surface area contributed by atoms with E-state index in [1.54, 1.807) is 20.8 Å². The highest BCUT2D eigenvalue weighted by Gasteiger charge is 2.40. The third-order valence-electron chi connectivity index (χ3n) is 6.85. The molecule has 4 N–H and O–H groups in total. The van der Waals surface area contributed by atoms with Crippen molar-refractivity contribution < 1.29 is 28.7 Å². The lowest BCUT2D eigenvalue weighted by Gasteiger charge is -2.31. The number of alkyl carbamates (subject to hydrolysis) is 1. The summed E-state index contributed by atoms with van der Waals surface area (Å²) in [4.78, 5) is 63.9. The minimum absolute atomic E-state index is 0.118. The Bertz CT molecular complexity index is 815. The smallest absolute Gasteiger partial charge is 0.408 e. The fourth-order valence-corrected chi connectivity index (χ4v) is 4.93. The van der Waals surface area contributed by atoms with Crippen LogP contribution in [0.15, 0.2) is 0 Å². The van der Waals surface area contributed by atoms with E-state index in [4.69, 9.17) is 10.5 Å². The number of Topliss-reactive ketones (excluding diaryl/α,β-unsaturated/α-hetero) is 2. The van der Waals surface area contributed by atoms with Crippen molar-refractivity contribution in [1.29, 1.82) is 0 Å². The molecule has 2 aliphatic rings. The fourth-order valence-electron chi connectivity index (χ4n) is 4.93. The Morgan fingerprint density at radius 3 is 2.14 bits per heavy atom. The van der Waals surface area contributed by atoms with Crippen LogP contribution in [0, 0.1) is 23.7 Å². The summed E-state index contributed by atoms with van der Waals surface area (Å²) in [6.07, 6.45) is 6.53. The van der Waals surface area contributed by atoms with E-state index in [1.165, 1.54) is 0 Å². The van der Waals surface area contributed by atoms with Gasteiger partial charge in [0, 0.05) is 11.8 Å². The van der Waals surface area contributed by atoms with Gasteiger partial charge < -0.3 is 21.1 Å². The van der Waals surface area contributed by atoms with E-state index in [2.05, 4.69) is 10.6 Å². The second-order valence-electron chi connectivity index (χ2n) is 11.9. The molecule has 2 rings (SSSR count). The van der Waals surface area contributed by atoms with Gasteiger partial charge in [0.25, 0.3) is 5.91 Å². The molecular formula is C27H45N3O6. The molecule has 0 bridgehead atoms. The molecular weight excluding hydrogens is 462 g/mol. The summed E-state index contributed by atoms with van der Waals surface area (Å²) in [5, 5.41) is 5.53. The third-order valence-corrected chi connectivity index (χ3v) is 6.85. The number of ketones is 2. The monoisotopic (exact) mass is 507 g/mol. The molecule has 4 atom stereocenters. The van der Waals surface area contributed by atoms with Crippen molar-refractivity contribution in [3.05, 3.63) is 0 Å². The number of nitrogens with one attached hydrogen (secondary N) is 2. The Morgan fingerprint density at radius 1 is 1.00 bits per heavy atom. The summed E-state index contributed by atoms with van der Waals surface area (Å²) in [6.45, 7) is 9.23. The summed E-state index contributed by atoms with van der Waals surface area (Å²) in [5.41, 5.74) is 4.55. The summed E-state index contributed by atoms with van der Waals surface area (Å²) in [6, 6.07) is -1.72. The average Bonchev–Trinajstić information content (AvgIpc) is 3.56. The molecule has 0 aromatic carbocycles. The maximum absolute atomic E-state index is 13.8. The normalized spacial score (nSPS) is 23.0.